The fraction of sp³-hybridized carbons (Fsp3) is 0.364. The summed E-state index contributed by atoms with van der Waals surface area (Å²) in [7, 11) is 2.00. The van der Waals surface area contributed by atoms with Crippen LogP contribution in [0.25, 0.3) is 5.70 Å². The molecular formula is C22H24F3N. The van der Waals surface area contributed by atoms with E-state index in [1.165, 1.54) is 19.4 Å². The minimum Gasteiger partial charge on any atom is -0.351 e. The fourth-order valence-electron chi connectivity index (χ4n) is 3.49. The van der Waals surface area contributed by atoms with Crippen LogP contribution in [-0.4, -0.2) is 18.1 Å². The highest BCUT2D eigenvalue weighted by atomic mass is 19.4. The Morgan fingerprint density at radius 1 is 1.08 bits per heavy atom. The standard InChI is InChI=1S/C22H24F3N/c1-15-7-5-6-8-18(15)20-19-10-9-16(13-17(19)11-12-26(20)4)14-21(2,3)22(23,24)25/h5-13,17H,14H2,1-4H3. The van der Waals surface area contributed by atoms with Gasteiger partial charge in [0, 0.05) is 24.7 Å². The largest absolute Gasteiger partial charge is 0.394 e. The number of aryl methyl sites for hydroxylation is 1. The number of hydrogen-bond donors (Lipinski definition) is 0. The van der Waals surface area contributed by atoms with E-state index in [-0.39, 0.29) is 12.3 Å². The van der Waals surface area contributed by atoms with Gasteiger partial charge in [-0.1, -0.05) is 68.0 Å². The molecule has 1 aliphatic carbocycles. The van der Waals surface area contributed by atoms with Crippen LogP contribution in [0.2, 0.25) is 0 Å². The summed E-state index contributed by atoms with van der Waals surface area (Å²) >= 11 is 0. The van der Waals surface area contributed by atoms with Gasteiger partial charge >= 0.3 is 6.18 Å². The van der Waals surface area contributed by atoms with Crippen LogP contribution in [0.15, 0.2) is 65.9 Å². The van der Waals surface area contributed by atoms with E-state index in [0.29, 0.717) is 0 Å². The number of fused-ring (bicyclic) bond motifs is 1. The van der Waals surface area contributed by atoms with Crippen LogP contribution < -0.4 is 0 Å². The Morgan fingerprint density at radius 3 is 2.42 bits per heavy atom. The summed E-state index contributed by atoms with van der Waals surface area (Å²) in [5.74, 6) is 0.00448. The van der Waals surface area contributed by atoms with Gasteiger partial charge in [-0.25, -0.2) is 0 Å². The monoisotopic (exact) mass is 359 g/mol. The predicted molar refractivity (Wildman–Crippen MR) is 100 cm³/mol. The third kappa shape index (κ3) is 3.37. The Morgan fingerprint density at radius 2 is 1.77 bits per heavy atom. The summed E-state index contributed by atoms with van der Waals surface area (Å²) in [5, 5.41) is 0. The van der Waals surface area contributed by atoms with E-state index in [2.05, 4.69) is 24.0 Å². The summed E-state index contributed by atoms with van der Waals surface area (Å²) in [6.07, 6.45) is 5.59. The van der Waals surface area contributed by atoms with Gasteiger partial charge in [0.05, 0.1) is 11.1 Å². The first-order chi connectivity index (χ1) is 12.1. The SMILES string of the molecule is Cc1ccccc1C1=C2C=CC(CC(C)(C)C(F)(F)F)=CC2C=CN1C. The molecule has 0 radical (unpaired) electrons. The van der Waals surface area contributed by atoms with E-state index in [1.54, 1.807) is 0 Å². The lowest BCUT2D eigenvalue weighted by Gasteiger charge is -2.33. The molecule has 0 aromatic heterocycles. The van der Waals surface area contributed by atoms with Crippen LogP contribution in [0, 0.1) is 18.3 Å². The Labute approximate surface area is 153 Å². The summed E-state index contributed by atoms with van der Waals surface area (Å²) in [4.78, 5) is 2.08. The summed E-state index contributed by atoms with van der Waals surface area (Å²) in [6.45, 7) is 4.59. The molecule has 0 spiro atoms. The van der Waals surface area contributed by atoms with E-state index in [0.717, 1.165) is 22.4 Å². The first-order valence-electron chi connectivity index (χ1n) is 8.77. The maximum absolute atomic E-state index is 13.2. The highest BCUT2D eigenvalue weighted by Crippen LogP contribution is 2.44. The second-order valence-corrected chi connectivity index (χ2v) is 7.73. The topological polar surface area (TPSA) is 3.24 Å². The molecule has 138 valence electrons. The minimum atomic E-state index is -4.22. The first-order valence-corrected chi connectivity index (χ1v) is 8.77. The Balaban J connectivity index is 1.97. The molecule has 1 aliphatic heterocycles. The smallest absolute Gasteiger partial charge is 0.351 e. The van der Waals surface area contributed by atoms with Crippen LogP contribution in [0.5, 0.6) is 0 Å². The molecule has 1 aromatic rings. The molecule has 1 unspecified atom stereocenters. The van der Waals surface area contributed by atoms with Gasteiger partial charge in [0.2, 0.25) is 0 Å². The zero-order chi connectivity index (χ0) is 19.1. The number of hydrogen-bond acceptors (Lipinski definition) is 1. The molecule has 1 atom stereocenters. The predicted octanol–water partition coefficient (Wildman–Crippen LogP) is 6.26. The molecule has 0 N–H and O–H groups in total. The fourth-order valence-corrected chi connectivity index (χ4v) is 3.49. The zero-order valence-electron chi connectivity index (χ0n) is 15.6. The van der Waals surface area contributed by atoms with Gasteiger partial charge in [-0.3, -0.25) is 0 Å². The molecule has 26 heavy (non-hydrogen) atoms. The van der Waals surface area contributed by atoms with Gasteiger partial charge in [-0.15, -0.1) is 0 Å². The van der Waals surface area contributed by atoms with Crippen LogP contribution in [-0.2, 0) is 0 Å². The van der Waals surface area contributed by atoms with Crippen molar-refractivity contribution in [3.8, 4) is 0 Å². The highest BCUT2D eigenvalue weighted by Gasteiger charge is 2.47. The van der Waals surface area contributed by atoms with Crippen molar-refractivity contribution in [3.05, 3.63) is 77.0 Å². The summed E-state index contributed by atoms with van der Waals surface area (Å²) in [6, 6.07) is 8.18. The quantitative estimate of drug-likeness (QED) is 0.616. The average Bonchev–Trinajstić information content (AvgIpc) is 2.54. The second-order valence-electron chi connectivity index (χ2n) is 7.73. The number of nitrogens with zero attached hydrogens (tertiary/aromatic N) is 1. The van der Waals surface area contributed by atoms with Crippen molar-refractivity contribution in [2.24, 2.45) is 11.3 Å². The molecule has 1 heterocycles. The molecule has 0 bridgehead atoms. The van der Waals surface area contributed by atoms with E-state index in [9.17, 15) is 13.2 Å². The number of allylic oxidation sites excluding steroid dienone is 6. The molecule has 1 nitrogen and oxygen atoms in total. The number of rotatable bonds is 3. The van der Waals surface area contributed by atoms with Crippen molar-refractivity contribution < 1.29 is 13.2 Å². The number of alkyl halides is 3. The molecule has 0 saturated carbocycles. The zero-order valence-corrected chi connectivity index (χ0v) is 15.6. The lowest BCUT2D eigenvalue weighted by atomic mass is 9.79. The Hall–Kier alpha value is -2.23. The number of halogens is 3. The van der Waals surface area contributed by atoms with Gasteiger partial charge in [-0.2, -0.15) is 13.2 Å². The molecule has 3 rings (SSSR count). The summed E-state index contributed by atoms with van der Waals surface area (Å²) in [5.41, 5.74) is 3.56. The molecule has 4 heteroatoms. The number of benzene rings is 1. The van der Waals surface area contributed by atoms with Gasteiger partial charge < -0.3 is 4.90 Å². The van der Waals surface area contributed by atoms with Crippen molar-refractivity contribution in [1.82, 2.24) is 4.90 Å². The third-order valence-corrected chi connectivity index (χ3v) is 5.19. The van der Waals surface area contributed by atoms with Gasteiger partial charge in [0.1, 0.15) is 0 Å². The molecule has 0 fully saturated rings. The van der Waals surface area contributed by atoms with E-state index in [4.69, 9.17) is 0 Å². The lowest BCUT2D eigenvalue weighted by molar-refractivity contribution is -0.210. The Bertz CT molecular complexity index is 822. The van der Waals surface area contributed by atoms with E-state index < -0.39 is 11.6 Å². The second kappa shape index (κ2) is 6.49. The van der Waals surface area contributed by atoms with Gasteiger partial charge in [0.15, 0.2) is 0 Å². The third-order valence-electron chi connectivity index (χ3n) is 5.19. The molecular weight excluding hydrogens is 335 g/mol. The van der Waals surface area contributed by atoms with Crippen molar-refractivity contribution >= 4 is 5.70 Å². The first kappa shape index (κ1) is 18.6. The molecule has 0 amide bonds. The highest BCUT2D eigenvalue weighted by molar-refractivity contribution is 5.75. The van der Waals surface area contributed by atoms with Crippen molar-refractivity contribution in [2.75, 3.05) is 7.05 Å². The maximum Gasteiger partial charge on any atom is 0.394 e. The van der Waals surface area contributed by atoms with Gasteiger partial charge in [-0.05, 0) is 24.5 Å². The molecule has 1 aromatic carbocycles. The van der Waals surface area contributed by atoms with E-state index in [1.807, 2.05) is 49.7 Å². The van der Waals surface area contributed by atoms with Crippen LogP contribution in [0.4, 0.5) is 13.2 Å². The van der Waals surface area contributed by atoms with E-state index >= 15 is 0 Å². The molecule has 2 aliphatic rings. The molecule has 0 saturated heterocycles. The van der Waals surface area contributed by atoms with Crippen molar-refractivity contribution in [2.45, 2.75) is 33.4 Å². The van der Waals surface area contributed by atoms with Crippen LogP contribution >= 0.6 is 0 Å². The maximum atomic E-state index is 13.2. The van der Waals surface area contributed by atoms with Crippen molar-refractivity contribution in [3.63, 3.8) is 0 Å². The van der Waals surface area contributed by atoms with Gasteiger partial charge in [0.25, 0.3) is 0 Å². The lowest BCUT2D eigenvalue weighted by Crippen LogP contribution is -2.32. The average molecular weight is 359 g/mol. The van der Waals surface area contributed by atoms with Crippen LogP contribution in [0.1, 0.15) is 31.4 Å². The summed E-state index contributed by atoms with van der Waals surface area (Å²) < 4.78 is 39.7. The minimum absolute atomic E-state index is 0.00448. The van der Waals surface area contributed by atoms with Crippen molar-refractivity contribution in [1.29, 1.82) is 0 Å². The Kier molecular flexibility index (Phi) is 4.63. The van der Waals surface area contributed by atoms with Crippen LogP contribution in [0.3, 0.4) is 0 Å². The normalized spacial score (nSPS) is 20.3.